The van der Waals surface area contributed by atoms with E-state index in [4.69, 9.17) is 19.0 Å². The molecule has 0 radical (unpaired) electrons. The Bertz CT molecular complexity index is 381. The fraction of sp³-hybridized carbons (Fsp3) is 0.900. The highest BCUT2D eigenvalue weighted by Crippen LogP contribution is 2.57. The van der Waals surface area contributed by atoms with Crippen LogP contribution in [0.15, 0.2) is 5.16 Å². The zero-order chi connectivity index (χ0) is 11.0. The summed E-state index contributed by atoms with van der Waals surface area (Å²) in [6, 6.07) is 0. The molecular formula is C10H12BrNO4. The second-order valence-corrected chi connectivity index (χ2v) is 6.04. The minimum atomic E-state index is -0.591. The monoisotopic (exact) mass is 289 g/mol. The average molecular weight is 290 g/mol. The third-order valence-electron chi connectivity index (χ3n) is 4.01. The van der Waals surface area contributed by atoms with Crippen molar-refractivity contribution in [1.29, 1.82) is 0 Å². The molecule has 0 aliphatic carbocycles. The molecule has 4 rings (SSSR count). The van der Waals surface area contributed by atoms with E-state index in [9.17, 15) is 0 Å². The normalized spacial score (nSPS) is 51.9. The summed E-state index contributed by atoms with van der Waals surface area (Å²) in [7, 11) is 0. The highest BCUT2D eigenvalue weighted by Gasteiger charge is 2.74. The number of hydrogen-bond donors (Lipinski definition) is 0. The average Bonchev–Trinajstić information content (AvgIpc) is 2.96. The molecule has 1 spiro atoms. The first-order chi connectivity index (χ1) is 7.67. The van der Waals surface area contributed by atoms with Crippen molar-refractivity contribution < 1.29 is 19.0 Å². The molecular weight excluding hydrogens is 278 g/mol. The molecule has 0 saturated carbocycles. The largest absolute Gasteiger partial charge is 0.387 e. The van der Waals surface area contributed by atoms with Gasteiger partial charge in [-0.15, -0.1) is 0 Å². The van der Waals surface area contributed by atoms with Crippen LogP contribution in [-0.4, -0.2) is 47.3 Å². The molecule has 0 N–H and O–H groups in total. The lowest BCUT2D eigenvalue weighted by molar-refractivity contribution is -0.212. The molecule has 0 unspecified atom stereocenters. The Hall–Kier alpha value is -0.170. The summed E-state index contributed by atoms with van der Waals surface area (Å²) in [6.45, 7) is 3.23. The highest BCUT2D eigenvalue weighted by molar-refractivity contribution is 9.10. The first-order valence-electron chi connectivity index (χ1n) is 5.50. The maximum absolute atomic E-state index is 5.95. The van der Waals surface area contributed by atoms with Gasteiger partial charge in [-0.1, -0.05) is 21.1 Å². The van der Waals surface area contributed by atoms with Crippen LogP contribution >= 0.6 is 15.9 Å². The van der Waals surface area contributed by atoms with Gasteiger partial charge in [-0.2, -0.15) is 0 Å². The molecule has 3 fully saturated rings. The van der Waals surface area contributed by atoms with Crippen LogP contribution in [0.1, 0.15) is 13.3 Å². The van der Waals surface area contributed by atoms with Crippen molar-refractivity contribution in [2.24, 2.45) is 5.16 Å². The summed E-state index contributed by atoms with van der Waals surface area (Å²) < 4.78 is 17.1. The molecule has 3 saturated heterocycles. The van der Waals surface area contributed by atoms with Gasteiger partial charge in [0.15, 0.2) is 12.2 Å². The Morgan fingerprint density at radius 1 is 1.31 bits per heavy atom. The number of alkyl halides is 1. The second kappa shape index (κ2) is 2.80. The Kier molecular flexibility index (Phi) is 1.72. The second-order valence-electron chi connectivity index (χ2n) is 4.73. The van der Waals surface area contributed by atoms with Crippen LogP contribution < -0.4 is 0 Å². The molecule has 0 aromatic rings. The molecule has 88 valence electrons. The number of ether oxygens (including phenoxy) is 3. The molecule has 4 heterocycles. The summed E-state index contributed by atoms with van der Waals surface area (Å²) in [4.78, 5) is 5.47. The third-order valence-corrected chi connectivity index (χ3v) is 5.54. The zero-order valence-electron chi connectivity index (χ0n) is 8.81. The summed E-state index contributed by atoms with van der Waals surface area (Å²) in [6.07, 6.45) is 0.451. The Morgan fingerprint density at radius 3 is 2.81 bits per heavy atom. The Labute approximate surface area is 101 Å². The molecule has 0 aromatic carbocycles. The van der Waals surface area contributed by atoms with Crippen LogP contribution in [0.4, 0.5) is 0 Å². The molecule has 16 heavy (non-hydrogen) atoms. The summed E-state index contributed by atoms with van der Waals surface area (Å²) >= 11 is 3.73. The predicted molar refractivity (Wildman–Crippen MR) is 57.6 cm³/mol. The van der Waals surface area contributed by atoms with E-state index in [1.807, 2.05) is 6.92 Å². The Balaban J connectivity index is 1.74. The van der Waals surface area contributed by atoms with E-state index in [1.165, 1.54) is 0 Å². The number of hydrogen-bond acceptors (Lipinski definition) is 5. The van der Waals surface area contributed by atoms with Gasteiger partial charge in [-0.3, -0.25) is 0 Å². The molecule has 4 atom stereocenters. The van der Waals surface area contributed by atoms with Crippen LogP contribution in [0.2, 0.25) is 0 Å². The van der Waals surface area contributed by atoms with Gasteiger partial charge in [0.05, 0.1) is 25.0 Å². The lowest BCUT2D eigenvalue weighted by Crippen LogP contribution is -2.58. The van der Waals surface area contributed by atoms with Crippen molar-refractivity contribution in [2.45, 2.75) is 41.8 Å². The number of halogens is 1. The third kappa shape index (κ3) is 0.881. The van der Waals surface area contributed by atoms with Gasteiger partial charge in [0.25, 0.3) is 0 Å². The van der Waals surface area contributed by atoms with Crippen molar-refractivity contribution in [2.75, 3.05) is 13.2 Å². The standard InChI is InChI=1S/C10H12BrNO4/c1-5-10(11)6-4-9(13-2-3-14-9)7(15-6)8(10)16-12-5/h6-8H,2-4H2,1H3/t6-,7-,8+,10+/m0/s1. The minimum Gasteiger partial charge on any atom is -0.387 e. The maximum atomic E-state index is 5.95. The smallest absolute Gasteiger partial charge is 0.201 e. The van der Waals surface area contributed by atoms with Crippen molar-refractivity contribution in [3.05, 3.63) is 0 Å². The fourth-order valence-electron chi connectivity index (χ4n) is 3.19. The molecule has 0 amide bonds. The van der Waals surface area contributed by atoms with Gasteiger partial charge in [-0.25, -0.2) is 0 Å². The first-order valence-corrected chi connectivity index (χ1v) is 6.29. The number of rotatable bonds is 0. The van der Waals surface area contributed by atoms with E-state index < -0.39 is 5.79 Å². The van der Waals surface area contributed by atoms with Gasteiger partial charge in [0, 0.05) is 6.42 Å². The van der Waals surface area contributed by atoms with E-state index in [0.717, 1.165) is 12.1 Å². The summed E-state index contributed by atoms with van der Waals surface area (Å²) in [5, 5.41) is 4.07. The molecule has 4 aliphatic rings. The number of nitrogens with zero attached hydrogens (tertiary/aromatic N) is 1. The van der Waals surface area contributed by atoms with Gasteiger partial charge in [0.2, 0.25) is 5.79 Å². The van der Waals surface area contributed by atoms with E-state index in [2.05, 4.69) is 21.1 Å². The van der Waals surface area contributed by atoms with Crippen LogP contribution in [0, 0.1) is 0 Å². The quantitative estimate of drug-likeness (QED) is 0.619. The van der Waals surface area contributed by atoms with E-state index in [1.54, 1.807) is 0 Å². The number of oxime groups is 1. The summed E-state index contributed by atoms with van der Waals surface area (Å²) in [5.74, 6) is -0.591. The Morgan fingerprint density at radius 2 is 2.06 bits per heavy atom. The molecule has 5 nitrogen and oxygen atoms in total. The lowest BCUT2D eigenvalue weighted by Gasteiger charge is -2.37. The van der Waals surface area contributed by atoms with Crippen molar-refractivity contribution >= 4 is 21.6 Å². The van der Waals surface area contributed by atoms with E-state index >= 15 is 0 Å². The molecule has 6 heteroatoms. The highest BCUT2D eigenvalue weighted by atomic mass is 79.9. The minimum absolute atomic E-state index is 0.0202. The van der Waals surface area contributed by atoms with Gasteiger partial charge in [0.1, 0.15) is 4.32 Å². The zero-order valence-corrected chi connectivity index (χ0v) is 10.4. The van der Waals surface area contributed by atoms with Crippen LogP contribution in [0.25, 0.3) is 0 Å². The number of fused-ring (bicyclic) bond motifs is 6. The fourth-order valence-corrected chi connectivity index (χ4v) is 3.85. The van der Waals surface area contributed by atoms with Gasteiger partial charge >= 0.3 is 0 Å². The topological polar surface area (TPSA) is 49.3 Å². The SMILES string of the molecule is CC1=NO[C@@H]2[C@@H]3O[C@@H](CC34OCCO4)[C@]12Br. The van der Waals surface area contributed by atoms with Gasteiger partial charge < -0.3 is 19.0 Å². The predicted octanol–water partition coefficient (Wildman–Crippen LogP) is 0.809. The van der Waals surface area contributed by atoms with E-state index in [0.29, 0.717) is 13.2 Å². The molecule has 4 aliphatic heterocycles. The molecule has 0 aromatic heterocycles. The van der Waals surface area contributed by atoms with Crippen LogP contribution in [0.3, 0.4) is 0 Å². The van der Waals surface area contributed by atoms with Gasteiger partial charge in [-0.05, 0) is 6.92 Å². The summed E-state index contributed by atoms with van der Waals surface area (Å²) in [5.41, 5.74) is 0.942. The van der Waals surface area contributed by atoms with Crippen molar-refractivity contribution in [3.8, 4) is 0 Å². The van der Waals surface area contributed by atoms with Crippen molar-refractivity contribution in [1.82, 2.24) is 0 Å². The van der Waals surface area contributed by atoms with Crippen LogP contribution in [0.5, 0.6) is 0 Å². The van der Waals surface area contributed by atoms with Crippen LogP contribution in [-0.2, 0) is 19.0 Å². The lowest BCUT2D eigenvalue weighted by atomic mass is 9.80. The maximum Gasteiger partial charge on any atom is 0.201 e. The van der Waals surface area contributed by atoms with E-state index in [-0.39, 0.29) is 22.6 Å². The van der Waals surface area contributed by atoms with Crippen molar-refractivity contribution in [3.63, 3.8) is 0 Å². The molecule has 2 bridgehead atoms. The first kappa shape index (κ1) is 9.82.